The predicted molar refractivity (Wildman–Crippen MR) is 66.8 cm³/mol. The van der Waals surface area contributed by atoms with Crippen LogP contribution in [0.1, 0.15) is 19.3 Å². The standard InChI is InChI=1S/C13H14F2N2O3/c14-8-2-3-9(15)10(6-8)17-12(19)11(18)16-7-13(20)4-1-5-13/h2-3,6,20H,1,4-5,7H2,(H,16,18)(H,17,19). The number of benzene rings is 1. The van der Waals surface area contributed by atoms with Gasteiger partial charge >= 0.3 is 11.8 Å². The Bertz CT molecular complexity index is 544. The van der Waals surface area contributed by atoms with Gasteiger partial charge in [0.15, 0.2) is 0 Å². The van der Waals surface area contributed by atoms with E-state index in [1.807, 2.05) is 5.32 Å². The molecule has 0 atom stereocenters. The van der Waals surface area contributed by atoms with Gasteiger partial charge in [-0.25, -0.2) is 8.78 Å². The van der Waals surface area contributed by atoms with Crippen LogP contribution in [-0.2, 0) is 9.59 Å². The molecule has 1 aliphatic rings. The van der Waals surface area contributed by atoms with Gasteiger partial charge < -0.3 is 15.7 Å². The molecule has 7 heteroatoms. The molecule has 0 spiro atoms. The van der Waals surface area contributed by atoms with Crippen LogP contribution in [0.5, 0.6) is 0 Å². The molecule has 0 bridgehead atoms. The molecule has 0 unspecified atom stereocenters. The Morgan fingerprint density at radius 2 is 1.95 bits per heavy atom. The maximum absolute atomic E-state index is 13.3. The normalized spacial score (nSPS) is 16.1. The fraction of sp³-hybridized carbons (Fsp3) is 0.385. The molecule has 3 N–H and O–H groups in total. The molecule has 1 aliphatic carbocycles. The Labute approximate surface area is 114 Å². The van der Waals surface area contributed by atoms with Gasteiger partial charge in [0.05, 0.1) is 11.3 Å². The number of carbonyl (C=O) groups is 2. The first-order valence-electron chi connectivity index (χ1n) is 6.16. The molecule has 108 valence electrons. The van der Waals surface area contributed by atoms with Crippen molar-refractivity contribution >= 4 is 17.5 Å². The van der Waals surface area contributed by atoms with Crippen LogP contribution in [0.15, 0.2) is 18.2 Å². The number of hydrogen-bond donors (Lipinski definition) is 3. The van der Waals surface area contributed by atoms with Gasteiger partial charge in [0.25, 0.3) is 0 Å². The lowest BCUT2D eigenvalue weighted by molar-refractivity contribution is -0.137. The maximum Gasteiger partial charge on any atom is 0.313 e. The van der Waals surface area contributed by atoms with Gasteiger partial charge in [0, 0.05) is 12.6 Å². The van der Waals surface area contributed by atoms with Crippen molar-refractivity contribution in [2.45, 2.75) is 24.9 Å². The van der Waals surface area contributed by atoms with E-state index in [0.29, 0.717) is 12.8 Å². The number of anilines is 1. The number of rotatable bonds is 3. The second-order valence-corrected chi connectivity index (χ2v) is 4.84. The van der Waals surface area contributed by atoms with Crippen LogP contribution >= 0.6 is 0 Å². The molecule has 1 aromatic rings. The molecule has 5 nitrogen and oxygen atoms in total. The molecule has 20 heavy (non-hydrogen) atoms. The SMILES string of the molecule is O=C(NCC1(O)CCC1)C(=O)Nc1cc(F)ccc1F. The average Bonchev–Trinajstić information content (AvgIpc) is 2.38. The average molecular weight is 284 g/mol. The Balaban J connectivity index is 1.90. The van der Waals surface area contributed by atoms with Crippen molar-refractivity contribution in [2.75, 3.05) is 11.9 Å². The summed E-state index contributed by atoms with van der Waals surface area (Å²) in [6, 6.07) is 2.52. The minimum Gasteiger partial charge on any atom is -0.388 e. The van der Waals surface area contributed by atoms with Crippen LogP contribution in [-0.4, -0.2) is 29.1 Å². The number of carbonyl (C=O) groups excluding carboxylic acids is 2. The fourth-order valence-corrected chi connectivity index (χ4v) is 1.86. The molecule has 0 heterocycles. The van der Waals surface area contributed by atoms with E-state index in [1.54, 1.807) is 0 Å². The summed E-state index contributed by atoms with van der Waals surface area (Å²) >= 11 is 0. The molecule has 1 fully saturated rings. The van der Waals surface area contributed by atoms with Crippen LogP contribution in [0.4, 0.5) is 14.5 Å². The number of nitrogens with one attached hydrogen (secondary N) is 2. The summed E-state index contributed by atoms with van der Waals surface area (Å²) in [5.41, 5.74) is -1.37. The molecule has 2 rings (SSSR count). The van der Waals surface area contributed by atoms with E-state index in [0.717, 1.165) is 24.6 Å². The first kappa shape index (κ1) is 14.4. The molecule has 0 radical (unpaired) electrons. The van der Waals surface area contributed by atoms with E-state index in [9.17, 15) is 23.5 Å². The third-order valence-corrected chi connectivity index (χ3v) is 3.25. The largest absolute Gasteiger partial charge is 0.388 e. The summed E-state index contributed by atoms with van der Waals surface area (Å²) in [4.78, 5) is 23.0. The van der Waals surface area contributed by atoms with E-state index in [1.165, 1.54) is 0 Å². The van der Waals surface area contributed by atoms with Gasteiger partial charge in [-0.05, 0) is 31.4 Å². The molecule has 1 aromatic carbocycles. The van der Waals surface area contributed by atoms with Crippen molar-refractivity contribution in [3.8, 4) is 0 Å². The van der Waals surface area contributed by atoms with Crippen LogP contribution < -0.4 is 10.6 Å². The van der Waals surface area contributed by atoms with E-state index in [-0.39, 0.29) is 6.54 Å². The van der Waals surface area contributed by atoms with Crippen LogP contribution in [0.3, 0.4) is 0 Å². The highest BCUT2D eigenvalue weighted by Crippen LogP contribution is 2.30. The predicted octanol–water partition coefficient (Wildman–Crippen LogP) is 0.934. The monoisotopic (exact) mass is 284 g/mol. The smallest absolute Gasteiger partial charge is 0.313 e. The van der Waals surface area contributed by atoms with Gasteiger partial charge in [-0.3, -0.25) is 9.59 Å². The van der Waals surface area contributed by atoms with Crippen molar-refractivity contribution in [2.24, 2.45) is 0 Å². The zero-order valence-electron chi connectivity index (χ0n) is 10.6. The summed E-state index contributed by atoms with van der Waals surface area (Å²) in [6.45, 7) is -0.0368. The molecular weight excluding hydrogens is 270 g/mol. The van der Waals surface area contributed by atoms with Gasteiger partial charge in [0.1, 0.15) is 11.6 Å². The Kier molecular flexibility index (Phi) is 3.99. The van der Waals surface area contributed by atoms with Crippen molar-refractivity contribution in [1.29, 1.82) is 0 Å². The molecule has 0 aliphatic heterocycles. The molecule has 0 aromatic heterocycles. The highest BCUT2D eigenvalue weighted by molar-refractivity contribution is 6.39. The van der Waals surface area contributed by atoms with Gasteiger partial charge in [-0.1, -0.05) is 0 Å². The van der Waals surface area contributed by atoms with E-state index in [2.05, 4.69) is 5.32 Å². The van der Waals surface area contributed by atoms with Crippen molar-refractivity contribution in [3.05, 3.63) is 29.8 Å². The Morgan fingerprint density at radius 1 is 1.25 bits per heavy atom. The van der Waals surface area contributed by atoms with E-state index >= 15 is 0 Å². The Hall–Kier alpha value is -2.02. The zero-order chi connectivity index (χ0) is 14.8. The summed E-state index contributed by atoms with van der Waals surface area (Å²) in [5.74, 6) is -3.69. The van der Waals surface area contributed by atoms with Crippen molar-refractivity contribution < 1.29 is 23.5 Å². The highest BCUT2D eigenvalue weighted by atomic mass is 19.1. The van der Waals surface area contributed by atoms with Crippen molar-refractivity contribution in [3.63, 3.8) is 0 Å². The van der Waals surface area contributed by atoms with Crippen molar-refractivity contribution in [1.82, 2.24) is 5.32 Å². The maximum atomic E-state index is 13.3. The summed E-state index contributed by atoms with van der Waals surface area (Å²) in [5, 5.41) is 14.0. The Morgan fingerprint density at radius 3 is 2.55 bits per heavy atom. The van der Waals surface area contributed by atoms with Gasteiger partial charge in [-0.2, -0.15) is 0 Å². The van der Waals surface area contributed by atoms with Crippen LogP contribution in [0, 0.1) is 11.6 Å². The third kappa shape index (κ3) is 3.30. The molecule has 2 amide bonds. The minimum absolute atomic E-state index is 0.0368. The zero-order valence-corrected chi connectivity index (χ0v) is 10.6. The van der Waals surface area contributed by atoms with E-state index in [4.69, 9.17) is 0 Å². The third-order valence-electron chi connectivity index (χ3n) is 3.25. The lowest BCUT2D eigenvalue weighted by Crippen LogP contribution is -2.49. The number of halogens is 2. The second kappa shape index (κ2) is 5.54. The topological polar surface area (TPSA) is 78.4 Å². The lowest BCUT2D eigenvalue weighted by Gasteiger charge is -2.36. The summed E-state index contributed by atoms with van der Waals surface area (Å²) in [7, 11) is 0. The van der Waals surface area contributed by atoms with Crippen LogP contribution in [0.25, 0.3) is 0 Å². The molecular formula is C13H14F2N2O3. The highest BCUT2D eigenvalue weighted by Gasteiger charge is 2.35. The first-order chi connectivity index (χ1) is 9.39. The quantitative estimate of drug-likeness (QED) is 0.723. The second-order valence-electron chi connectivity index (χ2n) is 4.84. The summed E-state index contributed by atoms with van der Waals surface area (Å²) < 4.78 is 26.2. The van der Waals surface area contributed by atoms with Gasteiger partial charge in [0.2, 0.25) is 0 Å². The fourth-order valence-electron chi connectivity index (χ4n) is 1.86. The van der Waals surface area contributed by atoms with E-state index < -0.39 is 34.7 Å². The number of hydrogen-bond acceptors (Lipinski definition) is 3. The molecule has 0 saturated heterocycles. The molecule has 1 saturated carbocycles. The number of aliphatic hydroxyl groups is 1. The number of amides is 2. The minimum atomic E-state index is -1.11. The first-order valence-corrected chi connectivity index (χ1v) is 6.16. The van der Waals surface area contributed by atoms with Gasteiger partial charge in [-0.15, -0.1) is 0 Å². The summed E-state index contributed by atoms with van der Waals surface area (Å²) in [6.07, 6.45) is 1.99. The lowest BCUT2D eigenvalue weighted by atomic mass is 9.80. The van der Waals surface area contributed by atoms with Crippen LogP contribution in [0.2, 0.25) is 0 Å².